The van der Waals surface area contributed by atoms with E-state index in [1.807, 2.05) is 49.0 Å². The van der Waals surface area contributed by atoms with Crippen molar-refractivity contribution >= 4 is 11.9 Å². The van der Waals surface area contributed by atoms with Crippen LogP contribution in [0.5, 0.6) is 0 Å². The van der Waals surface area contributed by atoms with Crippen molar-refractivity contribution in [1.82, 2.24) is 14.9 Å². The molecule has 1 saturated heterocycles. The van der Waals surface area contributed by atoms with Gasteiger partial charge in [-0.3, -0.25) is 4.79 Å². The monoisotopic (exact) mass is 344 g/mol. The molecular weight excluding hydrogens is 320 g/mol. The Hall–Kier alpha value is -2.41. The lowest BCUT2D eigenvalue weighted by molar-refractivity contribution is -0.139. The van der Waals surface area contributed by atoms with Gasteiger partial charge in [0.05, 0.1) is 18.8 Å². The highest BCUT2D eigenvalue weighted by atomic mass is 16.5. The zero-order valence-corrected chi connectivity index (χ0v) is 14.9. The molecule has 7 nitrogen and oxygen atoms in total. The third kappa shape index (κ3) is 4.36. The predicted molar refractivity (Wildman–Crippen MR) is 93.4 cm³/mol. The molecule has 0 aromatic carbocycles. The van der Waals surface area contributed by atoms with Crippen molar-refractivity contribution in [3.05, 3.63) is 41.6 Å². The van der Waals surface area contributed by atoms with Crippen LogP contribution in [-0.2, 0) is 16.0 Å². The molecule has 7 heteroatoms. The SMILES string of the molecule is Cc1ccc(CCC(=O)N2CCOC(c3ccnc(N(C)C)n3)C2)o1. The van der Waals surface area contributed by atoms with Crippen LogP contribution in [0.15, 0.2) is 28.8 Å². The fraction of sp³-hybridized carbons (Fsp3) is 0.500. The molecule has 1 fully saturated rings. The Balaban J connectivity index is 1.60. The molecule has 2 aromatic rings. The molecule has 134 valence electrons. The number of hydrogen-bond donors (Lipinski definition) is 0. The molecule has 2 aromatic heterocycles. The van der Waals surface area contributed by atoms with Gasteiger partial charge in [0.2, 0.25) is 11.9 Å². The quantitative estimate of drug-likeness (QED) is 0.826. The maximum Gasteiger partial charge on any atom is 0.225 e. The summed E-state index contributed by atoms with van der Waals surface area (Å²) in [5.41, 5.74) is 0.804. The first-order valence-electron chi connectivity index (χ1n) is 8.48. The summed E-state index contributed by atoms with van der Waals surface area (Å²) in [6.07, 6.45) is 2.56. The molecule has 1 amide bonds. The summed E-state index contributed by atoms with van der Waals surface area (Å²) < 4.78 is 11.4. The van der Waals surface area contributed by atoms with E-state index < -0.39 is 0 Å². The van der Waals surface area contributed by atoms with Gasteiger partial charge in [-0.15, -0.1) is 0 Å². The maximum absolute atomic E-state index is 12.5. The second-order valence-electron chi connectivity index (χ2n) is 6.39. The van der Waals surface area contributed by atoms with E-state index in [1.165, 1.54) is 0 Å². The van der Waals surface area contributed by atoms with Crippen molar-refractivity contribution in [2.75, 3.05) is 38.7 Å². The summed E-state index contributed by atoms with van der Waals surface area (Å²) in [6.45, 7) is 3.54. The maximum atomic E-state index is 12.5. The van der Waals surface area contributed by atoms with Crippen LogP contribution >= 0.6 is 0 Å². The fourth-order valence-corrected chi connectivity index (χ4v) is 2.82. The number of anilines is 1. The number of hydrogen-bond acceptors (Lipinski definition) is 6. The number of nitrogens with zero attached hydrogens (tertiary/aromatic N) is 4. The van der Waals surface area contributed by atoms with Crippen molar-refractivity contribution in [3.8, 4) is 0 Å². The van der Waals surface area contributed by atoms with Crippen molar-refractivity contribution in [2.45, 2.75) is 25.9 Å². The topological polar surface area (TPSA) is 71.7 Å². The lowest BCUT2D eigenvalue weighted by atomic mass is 10.1. The summed E-state index contributed by atoms with van der Waals surface area (Å²) in [6, 6.07) is 5.69. The number of ether oxygens (including phenoxy) is 1. The number of carbonyl (C=O) groups excluding carboxylic acids is 1. The van der Waals surface area contributed by atoms with E-state index in [4.69, 9.17) is 9.15 Å². The van der Waals surface area contributed by atoms with Gasteiger partial charge in [0.15, 0.2) is 0 Å². The Labute approximate surface area is 147 Å². The van der Waals surface area contributed by atoms with Crippen LogP contribution < -0.4 is 4.90 Å². The van der Waals surface area contributed by atoms with Gasteiger partial charge in [-0.1, -0.05) is 0 Å². The van der Waals surface area contributed by atoms with Crippen LogP contribution in [0.4, 0.5) is 5.95 Å². The van der Waals surface area contributed by atoms with Gasteiger partial charge in [-0.2, -0.15) is 0 Å². The second-order valence-corrected chi connectivity index (χ2v) is 6.39. The second kappa shape index (κ2) is 7.65. The average Bonchev–Trinajstić information content (AvgIpc) is 3.05. The molecule has 3 rings (SSSR count). The van der Waals surface area contributed by atoms with Gasteiger partial charge < -0.3 is 19.0 Å². The smallest absolute Gasteiger partial charge is 0.225 e. The predicted octanol–water partition coefficient (Wildman–Crippen LogP) is 1.98. The molecule has 0 radical (unpaired) electrons. The van der Waals surface area contributed by atoms with Gasteiger partial charge >= 0.3 is 0 Å². The van der Waals surface area contributed by atoms with Crippen molar-refractivity contribution in [2.24, 2.45) is 0 Å². The van der Waals surface area contributed by atoms with Crippen LogP contribution in [0.1, 0.15) is 29.7 Å². The average molecular weight is 344 g/mol. The number of rotatable bonds is 5. The van der Waals surface area contributed by atoms with Crippen molar-refractivity contribution in [1.29, 1.82) is 0 Å². The minimum absolute atomic E-state index is 0.115. The molecule has 25 heavy (non-hydrogen) atoms. The molecule has 1 aliphatic heterocycles. The Morgan fingerprint density at radius 2 is 2.20 bits per heavy atom. The number of aromatic nitrogens is 2. The molecule has 0 bridgehead atoms. The molecule has 1 aliphatic rings. The van der Waals surface area contributed by atoms with Crippen LogP contribution in [-0.4, -0.2) is 54.6 Å². The number of amides is 1. The summed E-state index contributed by atoms with van der Waals surface area (Å²) in [5.74, 6) is 2.47. The van der Waals surface area contributed by atoms with Crippen molar-refractivity contribution in [3.63, 3.8) is 0 Å². The summed E-state index contributed by atoms with van der Waals surface area (Å²) >= 11 is 0. The van der Waals surface area contributed by atoms with E-state index >= 15 is 0 Å². The van der Waals surface area contributed by atoms with Crippen LogP contribution in [0, 0.1) is 6.92 Å². The number of carbonyl (C=O) groups is 1. The summed E-state index contributed by atoms with van der Waals surface area (Å²) in [4.78, 5) is 25.0. The minimum Gasteiger partial charge on any atom is -0.466 e. The first kappa shape index (κ1) is 17.4. The highest BCUT2D eigenvalue weighted by Gasteiger charge is 2.26. The van der Waals surface area contributed by atoms with Gasteiger partial charge in [-0.25, -0.2) is 9.97 Å². The van der Waals surface area contributed by atoms with E-state index in [-0.39, 0.29) is 12.0 Å². The largest absolute Gasteiger partial charge is 0.466 e. The molecule has 3 heterocycles. The molecule has 0 saturated carbocycles. The molecule has 0 spiro atoms. The number of aryl methyl sites for hydroxylation is 2. The van der Waals surface area contributed by atoms with E-state index in [2.05, 4.69) is 9.97 Å². The molecule has 0 aliphatic carbocycles. The third-order valence-corrected chi connectivity index (χ3v) is 4.19. The zero-order chi connectivity index (χ0) is 17.8. The lowest BCUT2D eigenvalue weighted by Crippen LogP contribution is -2.42. The van der Waals surface area contributed by atoms with Gasteiger partial charge in [0.25, 0.3) is 0 Å². The van der Waals surface area contributed by atoms with E-state index in [9.17, 15) is 4.79 Å². The third-order valence-electron chi connectivity index (χ3n) is 4.19. The Morgan fingerprint density at radius 1 is 1.36 bits per heavy atom. The standard InChI is InChI=1S/C18H24N4O3/c1-13-4-5-14(25-13)6-7-17(23)22-10-11-24-16(12-22)15-8-9-19-18(20-15)21(2)3/h4-5,8-9,16H,6-7,10-12H2,1-3H3. The molecular formula is C18H24N4O3. The number of furan rings is 1. The Bertz CT molecular complexity index is 729. The Kier molecular flexibility index (Phi) is 5.33. The minimum atomic E-state index is -0.217. The fourth-order valence-electron chi connectivity index (χ4n) is 2.82. The van der Waals surface area contributed by atoms with Gasteiger partial charge in [0, 0.05) is 39.7 Å². The highest BCUT2D eigenvalue weighted by Crippen LogP contribution is 2.22. The normalized spacial score (nSPS) is 17.6. The summed E-state index contributed by atoms with van der Waals surface area (Å²) in [7, 11) is 3.79. The first-order chi connectivity index (χ1) is 12.0. The molecule has 1 unspecified atom stereocenters. The van der Waals surface area contributed by atoms with Crippen LogP contribution in [0.2, 0.25) is 0 Å². The van der Waals surface area contributed by atoms with E-state index in [0.717, 1.165) is 17.2 Å². The summed E-state index contributed by atoms with van der Waals surface area (Å²) in [5, 5.41) is 0. The molecule has 0 N–H and O–H groups in total. The van der Waals surface area contributed by atoms with E-state index in [0.29, 0.717) is 38.5 Å². The number of morpholine rings is 1. The zero-order valence-electron chi connectivity index (χ0n) is 14.9. The molecule has 1 atom stereocenters. The van der Waals surface area contributed by atoms with Gasteiger partial charge in [0.1, 0.15) is 17.6 Å². The Morgan fingerprint density at radius 3 is 2.92 bits per heavy atom. The van der Waals surface area contributed by atoms with Gasteiger partial charge in [-0.05, 0) is 25.1 Å². The van der Waals surface area contributed by atoms with Crippen LogP contribution in [0.25, 0.3) is 0 Å². The van der Waals surface area contributed by atoms with Crippen molar-refractivity contribution < 1.29 is 13.9 Å². The van der Waals surface area contributed by atoms with Crippen LogP contribution in [0.3, 0.4) is 0 Å². The first-order valence-corrected chi connectivity index (χ1v) is 8.48. The highest BCUT2D eigenvalue weighted by molar-refractivity contribution is 5.76. The van der Waals surface area contributed by atoms with E-state index in [1.54, 1.807) is 6.20 Å². The lowest BCUT2D eigenvalue weighted by Gasteiger charge is -2.33.